The molecule has 0 radical (unpaired) electrons. The topological polar surface area (TPSA) is 37.3 Å². The van der Waals surface area contributed by atoms with E-state index in [9.17, 15) is 14.3 Å². The Morgan fingerprint density at radius 2 is 2.00 bits per heavy atom. The molecule has 0 bridgehead atoms. The third-order valence-corrected chi connectivity index (χ3v) is 3.58. The van der Waals surface area contributed by atoms with Gasteiger partial charge in [-0.3, -0.25) is 4.79 Å². The Balaban J connectivity index is 2.35. The zero-order valence-electron chi connectivity index (χ0n) is 10.0. The van der Waals surface area contributed by atoms with Crippen LogP contribution in [0.1, 0.15) is 43.7 Å². The summed E-state index contributed by atoms with van der Waals surface area (Å²) in [5.74, 6) is -0.0732. The summed E-state index contributed by atoms with van der Waals surface area (Å²) in [6.45, 7) is 1.94. The monoisotopic (exact) mass is 236 g/mol. The van der Waals surface area contributed by atoms with Gasteiger partial charge in [-0.25, -0.2) is 4.39 Å². The number of Topliss-reactive ketones (excluding diaryl/α,β-unsaturated/α-hetero) is 1. The molecule has 0 atom stereocenters. The quantitative estimate of drug-likeness (QED) is 0.857. The van der Waals surface area contributed by atoms with Gasteiger partial charge < -0.3 is 5.11 Å². The van der Waals surface area contributed by atoms with Gasteiger partial charge in [0.15, 0.2) is 0 Å². The minimum Gasteiger partial charge on any atom is -0.385 e. The largest absolute Gasteiger partial charge is 0.385 e. The standard InChI is InChI=1S/C14H17FO2/c1-2-10-9-11(15)3-4-13(10)14(17)7-5-12(16)6-8-14/h3-4,9,17H,2,5-8H2,1H3. The first-order valence-electron chi connectivity index (χ1n) is 6.08. The summed E-state index contributed by atoms with van der Waals surface area (Å²) < 4.78 is 13.2. The molecule has 2 nitrogen and oxygen atoms in total. The Hall–Kier alpha value is -1.22. The molecule has 0 spiro atoms. The fraction of sp³-hybridized carbons (Fsp3) is 0.500. The fourth-order valence-corrected chi connectivity index (χ4v) is 2.52. The van der Waals surface area contributed by atoms with Crippen molar-refractivity contribution in [3.05, 3.63) is 35.1 Å². The lowest BCUT2D eigenvalue weighted by Gasteiger charge is -2.33. The Morgan fingerprint density at radius 3 is 2.59 bits per heavy atom. The van der Waals surface area contributed by atoms with Crippen LogP contribution >= 0.6 is 0 Å². The number of hydrogen-bond acceptors (Lipinski definition) is 2. The molecule has 0 amide bonds. The van der Waals surface area contributed by atoms with Gasteiger partial charge in [-0.1, -0.05) is 13.0 Å². The van der Waals surface area contributed by atoms with Crippen molar-refractivity contribution < 1.29 is 14.3 Å². The number of aryl methyl sites for hydroxylation is 1. The minimum atomic E-state index is -0.951. The first-order chi connectivity index (χ1) is 8.05. The van der Waals surface area contributed by atoms with E-state index in [1.807, 2.05) is 6.92 Å². The molecule has 0 aromatic heterocycles. The van der Waals surface area contributed by atoms with E-state index in [0.29, 0.717) is 32.1 Å². The van der Waals surface area contributed by atoms with Crippen LogP contribution in [0.15, 0.2) is 18.2 Å². The fourth-order valence-electron chi connectivity index (χ4n) is 2.52. The van der Waals surface area contributed by atoms with Crippen LogP contribution in [-0.2, 0) is 16.8 Å². The molecule has 3 heteroatoms. The van der Waals surface area contributed by atoms with Crippen LogP contribution in [0.3, 0.4) is 0 Å². The molecular weight excluding hydrogens is 219 g/mol. The molecule has 17 heavy (non-hydrogen) atoms. The number of hydrogen-bond donors (Lipinski definition) is 1. The molecule has 1 aromatic carbocycles. The molecule has 2 rings (SSSR count). The predicted molar refractivity (Wildman–Crippen MR) is 63.1 cm³/mol. The molecule has 1 aliphatic carbocycles. The zero-order chi connectivity index (χ0) is 12.5. The summed E-state index contributed by atoms with van der Waals surface area (Å²) in [4.78, 5) is 11.2. The summed E-state index contributed by atoms with van der Waals surface area (Å²) in [5, 5.41) is 10.6. The van der Waals surface area contributed by atoms with Crippen molar-refractivity contribution in [3.63, 3.8) is 0 Å². The number of aliphatic hydroxyl groups is 1. The van der Waals surface area contributed by atoms with Gasteiger partial charge >= 0.3 is 0 Å². The van der Waals surface area contributed by atoms with Crippen LogP contribution in [0.4, 0.5) is 4.39 Å². The highest BCUT2D eigenvalue weighted by molar-refractivity contribution is 5.79. The van der Waals surface area contributed by atoms with E-state index in [1.165, 1.54) is 12.1 Å². The van der Waals surface area contributed by atoms with Gasteiger partial charge in [0.05, 0.1) is 5.60 Å². The van der Waals surface area contributed by atoms with Gasteiger partial charge in [-0.05, 0) is 42.5 Å². The van der Waals surface area contributed by atoms with E-state index in [1.54, 1.807) is 6.07 Å². The van der Waals surface area contributed by atoms with Gasteiger partial charge in [-0.15, -0.1) is 0 Å². The summed E-state index contributed by atoms with van der Waals surface area (Å²) >= 11 is 0. The second kappa shape index (κ2) is 4.57. The van der Waals surface area contributed by atoms with Crippen molar-refractivity contribution >= 4 is 5.78 Å². The first-order valence-corrected chi connectivity index (χ1v) is 6.08. The predicted octanol–water partition coefficient (Wildman–Crippen LogP) is 2.72. The molecular formula is C14H17FO2. The summed E-state index contributed by atoms with van der Waals surface area (Å²) in [6.07, 6.45) is 2.41. The molecule has 0 aliphatic heterocycles. The van der Waals surface area contributed by atoms with E-state index in [-0.39, 0.29) is 11.6 Å². The molecule has 0 saturated heterocycles. The van der Waals surface area contributed by atoms with E-state index < -0.39 is 5.60 Å². The average molecular weight is 236 g/mol. The van der Waals surface area contributed by atoms with Crippen LogP contribution in [0.2, 0.25) is 0 Å². The smallest absolute Gasteiger partial charge is 0.133 e. The van der Waals surface area contributed by atoms with Crippen LogP contribution in [0.5, 0.6) is 0 Å². The second-order valence-electron chi connectivity index (χ2n) is 4.73. The number of carbonyl (C=O) groups is 1. The highest BCUT2D eigenvalue weighted by Gasteiger charge is 2.35. The Bertz CT molecular complexity index is 430. The van der Waals surface area contributed by atoms with Crippen LogP contribution < -0.4 is 0 Å². The number of ketones is 1. The number of halogens is 1. The zero-order valence-corrected chi connectivity index (χ0v) is 10.0. The molecule has 1 fully saturated rings. The molecule has 1 aromatic rings. The third-order valence-electron chi connectivity index (χ3n) is 3.58. The van der Waals surface area contributed by atoms with Gasteiger partial charge in [0.1, 0.15) is 11.6 Å². The van der Waals surface area contributed by atoms with Crippen molar-refractivity contribution in [1.82, 2.24) is 0 Å². The summed E-state index contributed by atoms with van der Waals surface area (Å²) in [5.41, 5.74) is 0.670. The molecule has 1 aliphatic rings. The van der Waals surface area contributed by atoms with E-state index >= 15 is 0 Å². The maximum absolute atomic E-state index is 13.2. The molecule has 0 unspecified atom stereocenters. The number of carbonyl (C=O) groups excluding carboxylic acids is 1. The molecule has 1 saturated carbocycles. The van der Waals surface area contributed by atoms with Gasteiger partial charge in [0, 0.05) is 12.8 Å². The van der Waals surface area contributed by atoms with Crippen molar-refractivity contribution in [2.45, 2.75) is 44.6 Å². The lowest BCUT2D eigenvalue weighted by atomic mass is 9.77. The average Bonchev–Trinajstić information content (AvgIpc) is 2.33. The van der Waals surface area contributed by atoms with Gasteiger partial charge in [0.2, 0.25) is 0 Å². The van der Waals surface area contributed by atoms with Gasteiger partial charge in [0.25, 0.3) is 0 Å². The SMILES string of the molecule is CCc1cc(F)ccc1C1(O)CCC(=O)CC1. The first kappa shape index (κ1) is 12.2. The highest BCUT2D eigenvalue weighted by Crippen LogP contribution is 2.37. The molecule has 1 N–H and O–H groups in total. The van der Waals surface area contributed by atoms with Crippen molar-refractivity contribution in [2.24, 2.45) is 0 Å². The Labute approximate surface area is 100 Å². The summed E-state index contributed by atoms with van der Waals surface area (Å²) in [6, 6.07) is 4.51. The van der Waals surface area contributed by atoms with E-state index in [2.05, 4.69) is 0 Å². The van der Waals surface area contributed by atoms with Crippen LogP contribution in [0.25, 0.3) is 0 Å². The maximum Gasteiger partial charge on any atom is 0.133 e. The normalized spacial score (nSPS) is 19.4. The number of benzene rings is 1. The second-order valence-corrected chi connectivity index (χ2v) is 4.73. The van der Waals surface area contributed by atoms with Crippen molar-refractivity contribution in [3.8, 4) is 0 Å². The minimum absolute atomic E-state index is 0.204. The van der Waals surface area contributed by atoms with Crippen molar-refractivity contribution in [2.75, 3.05) is 0 Å². The lowest BCUT2D eigenvalue weighted by molar-refractivity contribution is -0.125. The van der Waals surface area contributed by atoms with Crippen LogP contribution in [-0.4, -0.2) is 10.9 Å². The lowest BCUT2D eigenvalue weighted by Crippen LogP contribution is -2.32. The number of rotatable bonds is 2. The highest BCUT2D eigenvalue weighted by atomic mass is 19.1. The van der Waals surface area contributed by atoms with Gasteiger partial charge in [-0.2, -0.15) is 0 Å². The van der Waals surface area contributed by atoms with Crippen LogP contribution in [0, 0.1) is 5.82 Å². The summed E-state index contributed by atoms with van der Waals surface area (Å²) in [7, 11) is 0. The Morgan fingerprint density at radius 1 is 1.35 bits per heavy atom. The third kappa shape index (κ3) is 2.39. The van der Waals surface area contributed by atoms with Crippen molar-refractivity contribution in [1.29, 1.82) is 0 Å². The Kier molecular flexibility index (Phi) is 3.29. The molecule has 0 heterocycles. The van der Waals surface area contributed by atoms with E-state index in [4.69, 9.17) is 0 Å². The van der Waals surface area contributed by atoms with E-state index in [0.717, 1.165) is 11.1 Å². The maximum atomic E-state index is 13.2. The molecule has 92 valence electrons.